The first-order valence-electron chi connectivity index (χ1n) is 13.7. The number of imidazole rings is 1. The molecule has 2 saturated heterocycles. The van der Waals surface area contributed by atoms with Crippen molar-refractivity contribution in [3.05, 3.63) is 59.8 Å². The summed E-state index contributed by atoms with van der Waals surface area (Å²) in [6, 6.07) is 5.92. The molecule has 2 aliphatic heterocycles. The van der Waals surface area contributed by atoms with Crippen LogP contribution < -0.4 is 5.32 Å². The number of likely N-dealkylation sites (N-methyl/N-ethyl adjacent to an activating group) is 1. The van der Waals surface area contributed by atoms with Crippen LogP contribution in [0.25, 0.3) is 22.2 Å². The Kier molecular flexibility index (Phi) is 6.76. The first kappa shape index (κ1) is 25.8. The molecule has 0 spiro atoms. The Hall–Kier alpha value is -3.50. The molecule has 0 radical (unpaired) electrons. The Morgan fingerprint density at radius 3 is 2.36 bits per heavy atom. The largest absolute Gasteiger partial charge is 0.326 e. The fourth-order valence-electron chi connectivity index (χ4n) is 6.22. The minimum absolute atomic E-state index is 0.0837. The Labute approximate surface area is 227 Å². The summed E-state index contributed by atoms with van der Waals surface area (Å²) >= 11 is 0. The molecule has 0 amide bonds. The molecule has 39 heavy (non-hydrogen) atoms. The van der Waals surface area contributed by atoms with Gasteiger partial charge in [-0.25, -0.2) is 28.7 Å². The van der Waals surface area contributed by atoms with Crippen LogP contribution in [-0.4, -0.2) is 66.0 Å². The van der Waals surface area contributed by atoms with E-state index in [2.05, 4.69) is 42.0 Å². The average molecular weight is 533 g/mol. The van der Waals surface area contributed by atoms with Gasteiger partial charge in [-0.1, -0.05) is 6.92 Å². The van der Waals surface area contributed by atoms with E-state index in [1.54, 1.807) is 12.1 Å². The van der Waals surface area contributed by atoms with Gasteiger partial charge in [0, 0.05) is 61.3 Å². The van der Waals surface area contributed by atoms with Crippen molar-refractivity contribution in [2.75, 3.05) is 25.0 Å². The smallest absolute Gasteiger partial charge is 0.228 e. The van der Waals surface area contributed by atoms with Crippen LogP contribution in [0.3, 0.4) is 0 Å². The molecule has 6 rings (SSSR count). The van der Waals surface area contributed by atoms with Crippen LogP contribution in [0.2, 0.25) is 0 Å². The number of aryl methyl sites for hydroxylation is 1. The number of piperazine rings is 1. The molecule has 8 nitrogen and oxygen atoms in total. The van der Waals surface area contributed by atoms with E-state index in [1.165, 1.54) is 18.9 Å². The third-order valence-electron chi connectivity index (χ3n) is 8.07. The highest BCUT2D eigenvalue weighted by molar-refractivity contribution is 5.84. The fraction of sp³-hybridized carbons (Fsp3) is 0.448. The van der Waals surface area contributed by atoms with E-state index in [0.29, 0.717) is 40.8 Å². The van der Waals surface area contributed by atoms with Gasteiger partial charge in [-0.15, -0.1) is 0 Å². The molecular formula is C29H34F2N8. The number of fused-ring (bicyclic) bond motifs is 3. The number of nitrogens with one attached hydrogen (secondary N) is 1. The maximum absolute atomic E-state index is 15.0. The minimum atomic E-state index is -0.541. The predicted octanol–water partition coefficient (Wildman–Crippen LogP) is 5.47. The molecule has 204 valence electrons. The van der Waals surface area contributed by atoms with Gasteiger partial charge in [0.25, 0.3) is 0 Å². The zero-order chi connectivity index (χ0) is 27.3. The number of anilines is 2. The van der Waals surface area contributed by atoms with Crippen molar-refractivity contribution in [1.29, 1.82) is 0 Å². The van der Waals surface area contributed by atoms with Crippen LogP contribution in [0.15, 0.2) is 36.8 Å². The number of aromatic nitrogens is 5. The second-order valence-corrected chi connectivity index (χ2v) is 10.9. The Balaban J connectivity index is 1.21. The van der Waals surface area contributed by atoms with Gasteiger partial charge in [-0.2, -0.15) is 0 Å². The molecule has 2 atom stereocenters. The number of nitrogens with zero attached hydrogens (tertiary/aromatic N) is 7. The van der Waals surface area contributed by atoms with E-state index < -0.39 is 11.6 Å². The summed E-state index contributed by atoms with van der Waals surface area (Å²) in [4.78, 5) is 22.7. The lowest BCUT2D eigenvalue weighted by Crippen LogP contribution is -2.52. The lowest BCUT2D eigenvalue weighted by Gasteiger charge is -2.40. The molecule has 10 heteroatoms. The number of hydrogen-bond donors (Lipinski definition) is 1. The summed E-state index contributed by atoms with van der Waals surface area (Å²) < 4.78 is 31.9. The summed E-state index contributed by atoms with van der Waals surface area (Å²) in [6.45, 7) is 12.3. The zero-order valence-corrected chi connectivity index (χ0v) is 22.8. The van der Waals surface area contributed by atoms with E-state index in [9.17, 15) is 4.39 Å². The molecule has 4 aromatic rings. The minimum Gasteiger partial charge on any atom is -0.326 e. The molecule has 5 heterocycles. The number of rotatable bonds is 7. The molecule has 2 aliphatic rings. The van der Waals surface area contributed by atoms with Crippen molar-refractivity contribution in [3.63, 3.8) is 0 Å². The van der Waals surface area contributed by atoms with Crippen molar-refractivity contribution >= 4 is 22.8 Å². The normalized spacial score (nSPS) is 19.9. The molecule has 3 aromatic heterocycles. The highest BCUT2D eigenvalue weighted by Gasteiger charge is 2.39. The van der Waals surface area contributed by atoms with Crippen molar-refractivity contribution < 1.29 is 8.78 Å². The van der Waals surface area contributed by atoms with Crippen molar-refractivity contribution in [2.45, 2.75) is 65.2 Å². The second kappa shape index (κ2) is 10.2. The topological polar surface area (TPSA) is 75.0 Å². The number of pyridine rings is 1. The summed E-state index contributed by atoms with van der Waals surface area (Å²) in [5.41, 5.74) is 2.63. The SMILES string of the molecule is CCN1CC2CCC(C1)N2Cc1cnc(Nc2cc(-c3cc(F)c4nc(C)n(C(C)C)c4c3)c(F)cn2)nc1. The monoisotopic (exact) mass is 532 g/mol. The lowest BCUT2D eigenvalue weighted by molar-refractivity contribution is 0.0640. The first-order valence-corrected chi connectivity index (χ1v) is 13.7. The molecule has 1 N–H and O–H groups in total. The van der Waals surface area contributed by atoms with Crippen LogP contribution in [-0.2, 0) is 6.54 Å². The first-order chi connectivity index (χ1) is 18.8. The van der Waals surface area contributed by atoms with Crippen LogP contribution in [0.4, 0.5) is 20.5 Å². The number of likely N-dealkylation sites (tertiary alicyclic amines) is 1. The molecule has 1 aromatic carbocycles. The van der Waals surface area contributed by atoms with Gasteiger partial charge < -0.3 is 14.8 Å². The van der Waals surface area contributed by atoms with Crippen LogP contribution in [0.1, 0.15) is 51.0 Å². The van der Waals surface area contributed by atoms with Gasteiger partial charge in [0.1, 0.15) is 23.0 Å². The van der Waals surface area contributed by atoms with Gasteiger partial charge in [0.2, 0.25) is 5.95 Å². The highest BCUT2D eigenvalue weighted by Crippen LogP contribution is 2.33. The van der Waals surface area contributed by atoms with Crippen LogP contribution in [0, 0.1) is 18.6 Å². The predicted molar refractivity (Wildman–Crippen MR) is 148 cm³/mol. The highest BCUT2D eigenvalue weighted by atomic mass is 19.1. The fourth-order valence-corrected chi connectivity index (χ4v) is 6.22. The quantitative estimate of drug-likeness (QED) is 0.338. The summed E-state index contributed by atoms with van der Waals surface area (Å²) in [6.07, 6.45) is 7.30. The molecule has 2 bridgehead atoms. The lowest BCUT2D eigenvalue weighted by atomic mass is 10.0. The number of hydrogen-bond acceptors (Lipinski definition) is 7. The van der Waals surface area contributed by atoms with E-state index >= 15 is 4.39 Å². The van der Waals surface area contributed by atoms with Gasteiger partial charge in [-0.3, -0.25) is 4.90 Å². The van der Waals surface area contributed by atoms with Crippen molar-refractivity contribution in [1.82, 2.24) is 34.3 Å². The van der Waals surface area contributed by atoms with Crippen LogP contribution >= 0.6 is 0 Å². The standard InChI is InChI=1S/C29H34F2N8/c1-5-37-15-21-6-7-22(16-37)38(21)14-19-11-33-29(34-12-19)36-27-10-23(25(31)13-32-27)20-8-24(30)28-26(9-20)39(17(2)3)18(4)35-28/h8-13,17,21-22H,5-7,14-16H2,1-4H3,(H,32,33,34,36). The van der Waals surface area contributed by atoms with E-state index in [1.807, 2.05) is 37.7 Å². The summed E-state index contributed by atoms with van der Waals surface area (Å²) in [5, 5.41) is 3.07. The molecular weight excluding hydrogens is 498 g/mol. The van der Waals surface area contributed by atoms with Gasteiger partial charge in [0.15, 0.2) is 5.82 Å². The van der Waals surface area contributed by atoms with Crippen molar-refractivity contribution in [3.8, 4) is 11.1 Å². The average Bonchev–Trinajstić information content (AvgIpc) is 3.36. The van der Waals surface area contributed by atoms with Gasteiger partial charge in [-0.05, 0) is 63.9 Å². The Morgan fingerprint density at radius 2 is 1.69 bits per heavy atom. The summed E-state index contributed by atoms with van der Waals surface area (Å²) in [5.74, 6) is 0.435. The Morgan fingerprint density at radius 1 is 0.974 bits per heavy atom. The third-order valence-corrected chi connectivity index (χ3v) is 8.07. The summed E-state index contributed by atoms with van der Waals surface area (Å²) in [7, 11) is 0. The van der Waals surface area contributed by atoms with Gasteiger partial charge in [0.05, 0.1) is 11.7 Å². The van der Waals surface area contributed by atoms with Crippen LogP contribution in [0.5, 0.6) is 0 Å². The van der Waals surface area contributed by atoms with E-state index in [-0.39, 0.29) is 17.1 Å². The van der Waals surface area contributed by atoms with Gasteiger partial charge >= 0.3 is 0 Å². The number of benzene rings is 1. The van der Waals surface area contributed by atoms with E-state index in [4.69, 9.17) is 0 Å². The molecule has 0 saturated carbocycles. The zero-order valence-electron chi connectivity index (χ0n) is 22.8. The molecule has 2 fully saturated rings. The third kappa shape index (κ3) is 4.87. The maximum atomic E-state index is 15.0. The Bertz CT molecular complexity index is 1490. The number of halogens is 2. The molecule has 2 unspecified atom stereocenters. The second-order valence-electron chi connectivity index (χ2n) is 10.9. The van der Waals surface area contributed by atoms with E-state index in [0.717, 1.165) is 37.9 Å². The van der Waals surface area contributed by atoms with Crippen molar-refractivity contribution in [2.24, 2.45) is 0 Å². The molecule has 0 aliphatic carbocycles. The maximum Gasteiger partial charge on any atom is 0.228 e.